The van der Waals surface area contributed by atoms with E-state index in [1.807, 2.05) is 0 Å². The average Bonchev–Trinajstić information content (AvgIpc) is 2.46. The number of ether oxygens (including phenoxy) is 2. The maximum absolute atomic E-state index is 13.6. The minimum absolute atomic E-state index is 0.00556. The quantitative estimate of drug-likeness (QED) is 0.868. The zero-order valence-electron chi connectivity index (χ0n) is 11.0. The van der Waals surface area contributed by atoms with Crippen molar-refractivity contribution in [3.8, 4) is 11.6 Å². The molecule has 0 radical (unpaired) electrons. The minimum atomic E-state index is -0.966. The molecule has 6 nitrogen and oxygen atoms in total. The van der Waals surface area contributed by atoms with Gasteiger partial charge in [-0.2, -0.15) is 0 Å². The Labute approximate surface area is 119 Å². The molecule has 2 N–H and O–H groups in total. The first-order chi connectivity index (χ1) is 10.0. The number of pyridine rings is 1. The Morgan fingerprint density at radius 1 is 1.29 bits per heavy atom. The highest BCUT2D eigenvalue weighted by atomic mass is 19.1. The number of aromatic nitrogens is 1. The second-order valence-electron chi connectivity index (χ2n) is 3.95. The zero-order chi connectivity index (χ0) is 15.4. The van der Waals surface area contributed by atoms with Crippen LogP contribution in [0.25, 0.3) is 0 Å². The topological polar surface area (TPSA) is 91.5 Å². The van der Waals surface area contributed by atoms with Crippen molar-refractivity contribution in [3.05, 3.63) is 53.5 Å². The van der Waals surface area contributed by atoms with Crippen LogP contribution in [0.2, 0.25) is 0 Å². The number of methoxy groups -OCH3 is 1. The molecule has 0 aliphatic heterocycles. The molecular weight excluding hydrogens is 279 g/mol. The van der Waals surface area contributed by atoms with Crippen LogP contribution in [-0.2, 0) is 4.74 Å². The van der Waals surface area contributed by atoms with Gasteiger partial charge in [0.15, 0.2) is 0 Å². The van der Waals surface area contributed by atoms with Gasteiger partial charge in [-0.15, -0.1) is 0 Å². The molecule has 0 saturated heterocycles. The van der Waals surface area contributed by atoms with Crippen LogP contribution < -0.4 is 10.5 Å². The molecule has 2 aromatic rings. The number of hydrogen-bond donors (Lipinski definition) is 1. The molecule has 0 bridgehead atoms. The number of carbonyl (C=O) groups is 2. The molecule has 1 aromatic heterocycles. The summed E-state index contributed by atoms with van der Waals surface area (Å²) in [6, 6.07) is 6.56. The predicted octanol–water partition coefficient (Wildman–Crippen LogP) is 1.90. The van der Waals surface area contributed by atoms with Crippen LogP contribution in [0.5, 0.6) is 11.6 Å². The van der Waals surface area contributed by atoms with Crippen molar-refractivity contribution in [1.82, 2.24) is 4.98 Å². The highest BCUT2D eigenvalue weighted by Gasteiger charge is 2.16. The number of amides is 1. The van der Waals surface area contributed by atoms with Gasteiger partial charge < -0.3 is 15.2 Å². The minimum Gasteiger partial charge on any atom is -0.465 e. The summed E-state index contributed by atoms with van der Waals surface area (Å²) in [6.45, 7) is 0. The van der Waals surface area contributed by atoms with Crippen LogP contribution in [-0.4, -0.2) is 24.0 Å². The molecule has 108 valence electrons. The van der Waals surface area contributed by atoms with Crippen LogP contribution in [0.1, 0.15) is 20.7 Å². The van der Waals surface area contributed by atoms with Gasteiger partial charge in [0.1, 0.15) is 17.1 Å². The molecule has 0 atom stereocenters. The molecule has 2 rings (SSSR count). The standard InChI is InChI=1S/C14H11FN2O4/c1-20-14(19)8-5-6-17-11(7-8)21-10-4-2-3-9(15)12(10)13(16)18/h2-7H,1H3,(H2,16,18). The van der Waals surface area contributed by atoms with E-state index in [9.17, 15) is 14.0 Å². The summed E-state index contributed by atoms with van der Waals surface area (Å²) in [7, 11) is 1.24. The SMILES string of the molecule is COC(=O)c1ccnc(Oc2cccc(F)c2C(N)=O)c1. The molecule has 0 spiro atoms. The number of hydrogen-bond acceptors (Lipinski definition) is 5. The largest absolute Gasteiger partial charge is 0.465 e. The molecule has 1 amide bonds. The van der Waals surface area contributed by atoms with Gasteiger partial charge in [-0.05, 0) is 18.2 Å². The molecular formula is C14H11FN2O4. The first-order valence-corrected chi connectivity index (χ1v) is 5.83. The van der Waals surface area contributed by atoms with Gasteiger partial charge in [0.2, 0.25) is 5.88 Å². The van der Waals surface area contributed by atoms with E-state index in [2.05, 4.69) is 9.72 Å². The van der Waals surface area contributed by atoms with Crippen molar-refractivity contribution in [3.63, 3.8) is 0 Å². The zero-order valence-corrected chi connectivity index (χ0v) is 11.0. The van der Waals surface area contributed by atoms with E-state index in [4.69, 9.17) is 10.5 Å². The lowest BCUT2D eigenvalue weighted by atomic mass is 10.2. The van der Waals surface area contributed by atoms with E-state index in [1.54, 1.807) is 0 Å². The highest BCUT2D eigenvalue weighted by molar-refractivity contribution is 5.96. The van der Waals surface area contributed by atoms with Crippen molar-refractivity contribution in [1.29, 1.82) is 0 Å². The van der Waals surface area contributed by atoms with Gasteiger partial charge in [0.05, 0.1) is 12.7 Å². The van der Waals surface area contributed by atoms with Gasteiger partial charge >= 0.3 is 5.97 Å². The number of halogens is 1. The van der Waals surface area contributed by atoms with E-state index >= 15 is 0 Å². The average molecular weight is 290 g/mol. The highest BCUT2D eigenvalue weighted by Crippen LogP contribution is 2.26. The fraction of sp³-hybridized carbons (Fsp3) is 0.0714. The van der Waals surface area contributed by atoms with Crippen molar-refractivity contribution >= 4 is 11.9 Å². The van der Waals surface area contributed by atoms with Crippen LogP contribution in [0.15, 0.2) is 36.5 Å². The summed E-state index contributed by atoms with van der Waals surface area (Å²) in [4.78, 5) is 26.5. The van der Waals surface area contributed by atoms with Crippen LogP contribution in [0, 0.1) is 5.82 Å². The Morgan fingerprint density at radius 2 is 2.05 bits per heavy atom. The van der Waals surface area contributed by atoms with E-state index < -0.39 is 17.7 Å². The van der Waals surface area contributed by atoms with Crippen LogP contribution >= 0.6 is 0 Å². The number of primary amides is 1. The van der Waals surface area contributed by atoms with Gasteiger partial charge in [0, 0.05) is 12.3 Å². The summed E-state index contributed by atoms with van der Waals surface area (Å²) in [6.07, 6.45) is 1.32. The maximum atomic E-state index is 13.6. The molecule has 0 aliphatic rings. The third-order valence-corrected chi connectivity index (χ3v) is 2.59. The van der Waals surface area contributed by atoms with Crippen LogP contribution in [0.3, 0.4) is 0 Å². The van der Waals surface area contributed by atoms with E-state index in [0.717, 1.165) is 6.07 Å². The van der Waals surface area contributed by atoms with Crippen molar-refractivity contribution < 1.29 is 23.5 Å². The summed E-state index contributed by atoms with van der Waals surface area (Å²) < 4.78 is 23.5. The maximum Gasteiger partial charge on any atom is 0.338 e. The number of rotatable bonds is 4. The Bertz CT molecular complexity index is 703. The number of esters is 1. The Kier molecular flexibility index (Phi) is 4.13. The van der Waals surface area contributed by atoms with Crippen molar-refractivity contribution in [2.75, 3.05) is 7.11 Å². The number of benzene rings is 1. The first-order valence-electron chi connectivity index (χ1n) is 5.83. The molecule has 0 saturated carbocycles. The Hall–Kier alpha value is -2.96. The second kappa shape index (κ2) is 6.00. The van der Waals surface area contributed by atoms with Gasteiger partial charge in [-0.3, -0.25) is 4.79 Å². The lowest BCUT2D eigenvalue weighted by molar-refractivity contribution is 0.0600. The van der Waals surface area contributed by atoms with Crippen molar-refractivity contribution in [2.24, 2.45) is 5.73 Å². The first kappa shape index (κ1) is 14.4. The molecule has 0 fully saturated rings. The predicted molar refractivity (Wildman–Crippen MR) is 70.6 cm³/mol. The van der Waals surface area contributed by atoms with E-state index in [-0.39, 0.29) is 22.8 Å². The van der Waals surface area contributed by atoms with Crippen LogP contribution in [0.4, 0.5) is 4.39 Å². The molecule has 21 heavy (non-hydrogen) atoms. The van der Waals surface area contributed by atoms with Gasteiger partial charge in [0.25, 0.3) is 5.91 Å². The number of carbonyl (C=O) groups excluding carboxylic acids is 2. The normalized spacial score (nSPS) is 10.0. The molecule has 0 unspecified atom stereocenters. The summed E-state index contributed by atoms with van der Waals surface area (Å²) in [5, 5.41) is 0. The molecule has 7 heteroatoms. The van der Waals surface area contributed by atoms with Crippen molar-refractivity contribution in [2.45, 2.75) is 0 Å². The summed E-state index contributed by atoms with van der Waals surface area (Å²) >= 11 is 0. The molecule has 1 aromatic carbocycles. The fourth-order valence-corrected chi connectivity index (χ4v) is 1.65. The van der Waals surface area contributed by atoms with E-state index in [1.165, 1.54) is 37.6 Å². The lowest BCUT2D eigenvalue weighted by Crippen LogP contribution is -2.14. The monoisotopic (exact) mass is 290 g/mol. The third-order valence-electron chi connectivity index (χ3n) is 2.59. The Balaban J connectivity index is 2.37. The summed E-state index contributed by atoms with van der Waals surface area (Å²) in [5.74, 6) is -2.42. The Morgan fingerprint density at radius 3 is 2.71 bits per heavy atom. The van der Waals surface area contributed by atoms with E-state index in [0.29, 0.717) is 0 Å². The van der Waals surface area contributed by atoms with Gasteiger partial charge in [-0.25, -0.2) is 14.2 Å². The second-order valence-corrected chi connectivity index (χ2v) is 3.95. The van der Waals surface area contributed by atoms with Gasteiger partial charge in [-0.1, -0.05) is 6.07 Å². The third kappa shape index (κ3) is 3.14. The molecule has 0 aliphatic carbocycles. The molecule has 1 heterocycles. The lowest BCUT2D eigenvalue weighted by Gasteiger charge is -2.09. The number of nitrogens with two attached hydrogens (primary N) is 1. The summed E-state index contributed by atoms with van der Waals surface area (Å²) in [5.41, 5.74) is 4.94. The fourth-order valence-electron chi connectivity index (χ4n) is 1.65. The smallest absolute Gasteiger partial charge is 0.338 e. The number of nitrogens with zero attached hydrogens (tertiary/aromatic N) is 1.